The predicted molar refractivity (Wildman–Crippen MR) is 61.9 cm³/mol. The highest BCUT2D eigenvalue weighted by Gasteiger charge is 2.31. The van der Waals surface area contributed by atoms with Crippen molar-refractivity contribution in [1.29, 1.82) is 0 Å². The van der Waals surface area contributed by atoms with E-state index in [1.807, 2.05) is 0 Å². The molecule has 0 aromatic carbocycles. The molecule has 9 nitrogen and oxygen atoms in total. The Kier molecular flexibility index (Phi) is 4.13. The smallest absolute Gasteiger partial charge is 0.352 e. The van der Waals surface area contributed by atoms with Crippen LogP contribution in [0, 0.1) is 12.8 Å². The first-order chi connectivity index (χ1) is 9.16. The first-order valence-electron chi connectivity index (χ1n) is 5.30. The summed E-state index contributed by atoms with van der Waals surface area (Å²) in [5.74, 6) is -8.03. The maximum absolute atomic E-state index is 11.1. The molecule has 1 aromatic heterocycles. The zero-order valence-electron chi connectivity index (χ0n) is 10.2. The zero-order chi connectivity index (χ0) is 15.6. The zero-order valence-corrected chi connectivity index (χ0v) is 10.2. The maximum atomic E-state index is 11.1. The van der Waals surface area contributed by atoms with E-state index in [-0.39, 0.29) is 11.3 Å². The van der Waals surface area contributed by atoms with E-state index >= 15 is 0 Å². The fourth-order valence-electron chi connectivity index (χ4n) is 1.80. The van der Waals surface area contributed by atoms with E-state index in [0.717, 1.165) is 0 Å². The number of rotatable bonds is 6. The molecule has 0 aliphatic rings. The van der Waals surface area contributed by atoms with Crippen LogP contribution in [0.1, 0.15) is 32.1 Å². The van der Waals surface area contributed by atoms with Crippen LogP contribution >= 0.6 is 0 Å². The van der Waals surface area contributed by atoms with Crippen LogP contribution < -0.4 is 0 Å². The lowest BCUT2D eigenvalue weighted by Crippen LogP contribution is -2.26. The molecule has 20 heavy (non-hydrogen) atoms. The number of carbonyl (C=O) groups is 4. The van der Waals surface area contributed by atoms with Gasteiger partial charge in [0.15, 0.2) is 5.92 Å². The van der Waals surface area contributed by atoms with E-state index in [9.17, 15) is 19.2 Å². The van der Waals surface area contributed by atoms with Crippen LogP contribution in [0.15, 0.2) is 0 Å². The van der Waals surface area contributed by atoms with Gasteiger partial charge in [0.05, 0.1) is 5.56 Å². The predicted octanol–water partition coefficient (Wildman–Crippen LogP) is 0.0474. The Morgan fingerprint density at radius 2 is 1.50 bits per heavy atom. The highest BCUT2D eigenvalue weighted by atomic mass is 16.4. The Hall–Kier alpha value is -2.84. The molecule has 0 fully saturated rings. The average molecular weight is 285 g/mol. The Bertz CT molecular complexity index is 586. The van der Waals surface area contributed by atoms with Crippen molar-refractivity contribution in [1.82, 2.24) is 4.98 Å². The third-order valence-electron chi connectivity index (χ3n) is 2.76. The molecule has 9 heteroatoms. The third-order valence-corrected chi connectivity index (χ3v) is 2.76. The molecule has 1 heterocycles. The van der Waals surface area contributed by atoms with Gasteiger partial charge >= 0.3 is 23.9 Å². The van der Waals surface area contributed by atoms with Gasteiger partial charge in [-0.25, -0.2) is 9.59 Å². The van der Waals surface area contributed by atoms with E-state index in [0.29, 0.717) is 0 Å². The second-order valence-electron chi connectivity index (χ2n) is 4.02. The summed E-state index contributed by atoms with van der Waals surface area (Å²) in [4.78, 5) is 45.8. The summed E-state index contributed by atoms with van der Waals surface area (Å²) < 4.78 is 0. The van der Waals surface area contributed by atoms with Gasteiger partial charge in [0.1, 0.15) is 5.69 Å². The van der Waals surface area contributed by atoms with Gasteiger partial charge in [0, 0.05) is 12.1 Å². The van der Waals surface area contributed by atoms with Crippen LogP contribution in [-0.4, -0.2) is 49.3 Å². The van der Waals surface area contributed by atoms with Crippen LogP contribution in [0.5, 0.6) is 0 Å². The summed E-state index contributed by atoms with van der Waals surface area (Å²) in [6, 6.07) is 0. The molecule has 1 aromatic rings. The van der Waals surface area contributed by atoms with E-state index in [4.69, 9.17) is 20.4 Å². The molecule has 5 N–H and O–H groups in total. The van der Waals surface area contributed by atoms with Gasteiger partial charge in [-0.15, -0.1) is 0 Å². The number of aromatic amines is 1. The Balaban J connectivity index is 3.34. The Labute approximate surface area is 111 Å². The first-order valence-corrected chi connectivity index (χ1v) is 5.30. The molecule has 0 aliphatic carbocycles. The summed E-state index contributed by atoms with van der Waals surface area (Å²) >= 11 is 0. The Morgan fingerprint density at radius 1 is 1.00 bits per heavy atom. The van der Waals surface area contributed by atoms with Gasteiger partial charge < -0.3 is 25.4 Å². The number of aromatic nitrogens is 1. The van der Waals surface area contributed by atoms with E-state index in [1.165, 1.54) is 6.92 Å². The van der Waals surface area contributed by atoms with Crippen LogP contribution in [0.2, 0.25) is 0 Å². The highest BCUT2D eigenvalue weighted by Crippen LogP contribution is 2.21. The Morgan fingerprint density at radius 3 is 1.85 bits per heavy atom. The normalized spacial score (nSPS) is 10.5. The van der Waals surface area contributed by atoms with Crippen molar-refractivity contribution in [3.8, 4) is 0 Å². The largest absolute Gasteiger partial charge is 0.481 e. The van der Waals surface area contributed by atoms with Gasteiger partial charge in [-0.3, -0.25) is 9.59 Å². The molecule has 0 unspecified atom stereocenters. The molecule has 0 spiro atoms. The van der Waals surface area contributed by atoms with Gasteiger partial charge in [0.2, 0.25) is 0 Å². The summed E-state index contributed by atoms with van der Waals surface area (Å²) in [5, 5.41) is 35.4. The molecule has 0 aliphatic heterocycles. The van der Waals surface area contributed by atoms with Gasteiger partial charge in [0.25, 0.3) is 0 Å². The molecule has 0 radical (unpaired) electrons. The molecule has 0 atom stereocenters. The number of nitrogens with one attached hydrogen (secondary N) is 1. The van der Waals surface area contributed by atoms with Crippen molar-refractivity contribution in [2.24, 2.45) is 5.92 Å². The van der Waals surface area contributed by atoms with Crippen molar-refractivity contribution in [3.63, 3.8) is 0 Å². The molecule has 0 bridgehead atoms. The lowest BCUT2D eigenvalue weighted by Gasteiger charge is -2.07. The second-order valence-corrected chi connectivity index (χ2v) is 4.02. The van der Waals surface area contributed by atoms with E-state index in [1.54, 1.807) is 0 Å². The maximum Gasteiger partial charge on any atom is 0.352 e. The fraction of sp³-hybridized carbons (Fsp3) is 0.273. The van der Waals surface area contributed by atoms with Crippen LogP contribution in [-0.2, 0) is 16.0 Å². The minimum absolute atomic E-state index is 0.0884. The number of aromatic carboxylic acids is 2. The first kappa shape index (κ1) is 15.2. The van der Waals surface area contributed by atoms with Crippen LogP contribution in [0.4, 0.5) is 0 Å². The molecule has 108 valence electrons. The number of carboxylic acids is 4. The SMILES string of the molecule is Cc1c(C(=O)O)[nH]c(CC(C(=O)O)C(=O)O)c1C(=O)O. The fourth-order valence-corrected chi connectivity index (χ4v) is 1.80. The van der Waals surface area contributed by atoms with E-state index in [2.05, 4.69) is 4.98 Å². The van der Waals surface area contributed by atoms with Crippen LogP contribution in [0.3, 0.4) is 0 Å². The monoisotopic (exact) mass is 285 g/mol. The molecular formula is C11H11NO8. The van der Waals surface area contributed by atoms with Gasteiger partial charge in [-0.2, -0.15) is 0 Å². The standard InChI is InChI=1S/C11H11NO8/c1-3-6(10(17)18)5(12-7(3)11(19)20)2-4(8(13)14)9(15)16/h4,12H,2H2,1H3,(H,13,14)(H,15,16)(H,17,18)(H,19,20). The topological polar surface area (TPSA) is 165 Å². The minimum atomic E-state index is -1.87. The van der Waals surface area contributed by atoms with Crippen molar-refractivity contribution in [2.75, 3.05) is 0 Å². The highest BCUT2D eigenvalue weighted by molar-refractivity contribution is 5.98. The summed E-state index contributed by atoms with van der Waals surface area (Å²) in [6.07, 6.45) is -0.652. The number of hydrogen-bond acceptors (Lipinski definition) is 4. The molecule has 1 rings (SSSR count). The second kappa shape index (κ2) is 5.43. The number of aliphatic carboxylic acids is 2. The average Bonchev–Trinajstić information content (AvgIpc) is 2.62. The van der Waals surface area contributed by atoms with Crippen molar-refractivity contribution < 1.29 is 39.6 Å². The molecular weight excluding hydrogens is 274 g/mol. The van der Waals surface area contributed by atoms with Crippen molar-refractivity contribution in [2.45, 2.75) is 13.3 Å². The van der Waals surface area contributed by atoms with Crippen LogP contribution in [0.25, 0.3) is 0 Å². The van der Waals surface area contributed by atoms with E-state index < -0.39 is 47.5 Å². The lowest BCUT2D eigenvalue weighted by atomic mass is 10.00. The van der Waals surface area contributed by atoms with Crippen molar-refractivity contribution >= 4 is 23.9 Å². The number of carboxylic acid groups (broad SMARTS) is 4. The molecule has 0 saturated carbocycles. The summed E-state index contributed by atoms with van der Waals surface area (Å²) in [6.45, 7) is 1.24. The lowest BCUT2D eigenvalue weighted by molar-refractivity contribution is -0.154. The number of H-pyrrole nitrogens is 1. The number of hydrogen-bond donors (Lipinski definition) is 5. The summed E-state index contributed by atoms with van der Waals surface area (Å²) in [7, 11) is 0. The quantitative estimate of drug-likeness (QED) is 0.457. The molecule has 0 saturated heterocycles. The minimum Gasteiger partial charge on any atom is -0.481 e. The van der Waals surface area contributed by atoms with Crippen molar-refractivity contribution in [3.05, 3.63) is 22.5 Å². The van der Waals surface area contributed by atoms with Gasteiger partial charge in [-0.1, -0.05) is 0 Å². The molecule has 0 amide bonds. The van der Waals surface area contributed by atoms with Gasteiger partial charge in [-0.05, 0) is 12.5 Å². The third kappa shape index (κ3) is 2.76. The summed E-state index contributed by atoms with van der Waals surface area (Å²) in [5.41, 5.74) is -1.17.